The second-order valence-electron chi connectivity index (χ2n) is 4.53. The molecule has 1 aliphatic rings. The third-order valence-electron chi connectivity index (χ3n) is 3.10. The second kappa shape index (κ2) is 6.21. The summed E-state index contributed by atoms with van der Waals surface area (Å²) in [4.78, 5) is 11.7. The molecule has 0 bridgehead atoms. The number of carbonyl (C=O) groups excluding carboxylic acids is 1. The van der Waals surface area contributed by atoms with E-state index in [0.29, 0.717) is 6.61 Å². The molecule has 1 N–H and O–H groups in total. The Kier molecular flexibility index (Phi) is 5.22. The van der Waals surface area contributed by atoms with E-state index in [1.807, 2.05) is 13.8 Å². The van der Waals surface area contributed by atoms with Crippen molar-refractivity contribution in [3.8, 4) is 0 Å². The van der Waals surface area contributed by atoms with Crippen LogP contribution in [0.1, 0.15) is 40.0 Å². The average Bonchev–Trinajstić information content (AvgIpc) is 2.27. The summed E-state index contributed by atoms with van der Waals surface area (Å²) in [6, 6.07) is -0.192. The maximum atomic E-state index is 11.7. The summed E-state index contributed by atoms with van der Waals surface area (Å²) in [5, 5.41) is 3.41. The van der Waals surface area contributed by atoms with Crippen LogP contribution in [0.5, 0.6) is 0 Å². The zero-order chi connectivity index (χ0) is 12.0. The van der Waals surface area contributed by atoms with Crippen LogP contribution in [0, 0.1) is 0 Å². The van der Waals surface area contributed by atoms with E-state index in [-0.39, 0.29) is 17.6 Å². The van der Waals surface area contributed by atoms with E-state index in [4.69, 9.17) is 9.47 Å². The summed E-state index contributed by atoms with van der Waals surface area (Å²) in [5.74, 6) is -0.141. The first-order chi connectivity index (χ1) is 7.61. The van der Waals surface area contributed by atoms with Gasteiger partial charge in [0.1, 0.15) is 6.04 Å². The van der Waals surface area contributed by atoms with Gasteiger partial charge in [-0.1, -0.05) is 6.92 Å². The van der Waals surface area contributed by atoms with Crippen LogP contribution < -0.4 is 5.32 Å². The van der Waals surface area contributed by atoms with Crippen molar-refractivity contribution < 1.29 is 14.3 Å². The lowest BCUT2D eigenvalue weighted by molar-refractivity contribution is -0.146. The molecule has 1 aliphatic heterocycles. The van der Waals surface area contributed by atoms with Crippen molar-refractivity contribution in [3.05, 3.63) is 0 Å². The molecule has 0 aromatic heterocycles. The largest absolute Gasteiger partial charge is 0.465 e. The molecule has 1 fully saturated rings. The molecular weight excluding hydrogens is 206 g/mol. The molecule has 0 radical (unpaired) electrons. The molecule has 0 aromatic carbocycles. The van der Waals surface area contributed by atoms with Gasteiger partial charge in [0.05, 0.1) is 6.61 Å². The van der Waals surface area contributed by atoms with Crippen molar-refractivity contribution in [1.82, 2.24) is 5.32 Å². The molecule has 1 rings (SSSR count). The fourth-order valence-corrected chi connectivity index (χ4v) is 1.96. The molecule has 4 nitrogen and oxygen atoms in total. The maximum absolute atomic E-state index is 11.7. The quantitative estimate of drug-likeness (QED) is 0.726. The van der Waals surface area contributed by atoms with Crippen LogP contribution in [-0.2, 0) is 14.3 Å². The van der Waals surface area contributed by atoms with Crippen molar-refractivity contribution in [2.24, 2.45) is 0 Å². The summed E-state index contributed by atoms with van der Waals surface area (Å²) in [5.41, 5.74) is 0.00564. The zero-order valence-corrected chi connectivity index (χ0v) is 10.5. The smallest absolute Gasteiger partial charge is 0.323 e. The van der Waals surface area contributed by atoms with Gasteiger partial charge < -0.3 is 9.47 Å². The number of esters is 1. The van der Waals surface area contributed by atoms with Crippen LogP contribution in [0.2, 0.25) is 0 Å². The summed E-state index contributed by atoms with van der Waals surface area (Å²) < 4.78 is 10.4. The Balaban J connectivity index is 2.50. The van der Waals surface area contributed by atoms with Gasteiger partial charge in [-0.05, 0) is 33.1 Å². The normalized spacial score (nSPS) is 21.4. The number of hydrogen-bond acceptors (Lipinski definition) is 4. The van der Waals surface area contributed by atoms with E-state index in [2.05, 4.69) is 12.2 Å². The standard InChI is InChI=1S/C12H23NO3/c1-4-10(11(14)16-5-2)13-12(3)6-8-15-9-7-12/h10,13H,4-9H2,1-3H3. The number of nitrogens with one attached hydrogen (secondary N) is 1. The van der Waals surface area contributed by atoms with Gasteiger partial charge >= 0.3 is 5.97 Å². The Hall–Kier alpha value is -0.610. The van der Waals surface area contributed by atoms with Crippen LogP contribution in [0.25, 0.3) is 0 Å². The van der Waals surface area contributed by atoms with E-state index in [9.17, 15) is 4.79 Å². The first-order valence-electron chi connectivity index (χ1n) is 6.13. The molecule has 1 unspecified atom stereocenters. The molecule has 94 valence electrons. The third-order valence-corrected chi connectivity index (χ3v) is 3.10. The Bertz CT molecular complexity index is 224. The van der Waals surface area contributed by atoms with Crippen molar-refractivity contribution in [3.63, 3.8) is 0 Å². The fourth-order valence-electron chi connectivity index (χ4n) is 1.96. The minimum Gasteiger partial charge on any atom is -0.465 e. The molecule has 1 atom stereocenters. The van der Waals surface area contributed by atoms with Crippen molar-refractivity contribution in [2.45, 2.75) is 51.6 Å². The Morgan fingerprint density at radius 1 is 1.44 bits per heavy atom. The molecule has 0 spiro atoms. The summed E-state index contributed by atoms with van der Waals surface area (Å²) in [6.07, 6.45) is 2.65. The predicted octanol–water partition coefficient (Wildman–Crippen LogP) is 1.49. The third kappa shape index (κ3) is 3.76. The first-order valence-corrected chi connectivity index (χ1v) is 6.13. The summed E-state index contributed by atoms with van der Waals surface area (Å²) in [7, 11) is 0. The van der Waals surface area contributed by atoms with Gasteiger partial charge in [-0.3, -0.25) is 10.1 Å². The van der Waals surface area contributed by atoms with Gasteiger partial charge in [-0.25, -0.2) is 0 Å². The molecule has 1 saturated heterocycles. The van der Waals surface area contributed by atoms with Gasteiger partial charge in [0, 0.05) is 18.8 Å². The molecule has 0 saturated carbocycles. The lowest BCUT2D eigenvalue weighted by atomic mass is 9.91. The summed E-state index contributed by atoms with van der Waals surface area (Å²) >= 11 is 0. The molecule has 0 aliphatic carbocycles. The van der Waals surface area contributed by atoms with E-state index < -0.39 is 0 Å². The Morgan fingerprint density at radius 2 is 2.06 bits per heavy atom. The summed E-state index contributed by atoms with van der Waals surface area (Å²) in [6.45, 7) is 7.96. The maximum Gasteiger partial charge on any atom is 0.323 e. The molecule has 16 heavy (non-hydrogen) atoms. The van der Waals surface area contributed by atoms with Crippen molar-refractivity contribution in [2.75, 3.05) is 19.8 Å². The van der Waals surface area contributed by atoms with Gasteiger partial charge in [0.2, 0.25) is 0 Å². The molecule has 1 heterocycles. The lowest BCUT2D eigenvalue weighted by Crippen LogP contribution is -2.54. The van der Waals surface area contributed by atoms with E-state index in [1.54, 1.807) is 0 Å². The minimum atomic E-state index is -0.192. The Labute approximate surface area is 97.7 Å². The highest BCUT2D eigenvalue weighted by Gasteiger charge is 2.31. The van der Waals surface area contributed by atoms with Gasteiger partial charge in [0.15, 0.2) is 0 Å². The van der Waals surface area contributed by atoms with E-state index in [0.717, 1.165) is 32.5 Å². The topological polar surface area (TPSA) is 47.6 Å². The number of rotatable bonds is 5. The fraction of sp³-hybridized carbons (Fsp3) is 0.917. The monoisotopic (exact) mass is 229 g/mol. The molecule has 0 amide bonds. The van der Waals surface area contributed by atoms with Crippen LogP contribution in [0.15, 0.2) is 0 Å². The highest BCUT2D eigenvalue weighted by molar-refractivity contribution is 5.75. The van der Waals surface area contributed by atoms with Gasteiger partial charge in [-0.15, -0.1) is 0 Å². The van der Waals surface area contributed by atoms with E-state index in [1.165, 1.54) is 0 Å². The Morgan fingerprint density at radius 3 is 2.56 bits per heavy atom. The average molecular weight is 229 g/mol. The number of carbonyl (C=O) groups is 1. The highest BCUT2D eigenvalue weighted by atomic mass is 16.5. The van der Waals surface area contributed by atoms with Crippen LogP contribution >= 0.6 is 0 Å². The van der Waals surface area contributed by atoms with Crippen LogP contribution in [-0.4, -0.2) is 37.4 Å². The highest BCUT2D eigenvalue weighted by Crippen LogP contribution is 2.21. The van der Waals surface area contributed by atoms with Crippen molar-refractivity contribution in [1.29, 1.82) is 0 Å². The van der Waals surface area contributed by atoms with Gasteiger partial charge in [0.25, 0.3) is 0 Å². The zero-order valence-electron chi connectivity index (χ0n) is 10.5. The molecular formula is C12H23NO3. The second-order valence-corrected chi connectivity index (χ2v) is 4.53. The molecule has 4 heteroatoms. The lowest BCUT2D eigenvalue weighted by Gasteiger charge is -2.37. The minimum absolute atomic E-state index is 0.00564. The molecule has 0 aromatic rings. The van der Waals surface area contributed by atoms with Crippen LogP contribution in [0.3, 0.4) is 0 Å². The van der Waals surface area contributed by atoms with Crippen molar-refractivity contribution >= 4 is 5.97 Å². The SMILES string of the molecule is CCOC(=O)C(CC)NC1(C)CCOCC1. The van der Waals surface area contributed by atoms with E-state index >= 15 is 0 Å². The predicted molar refractivity (Wildman–Crippen MR) is 62.3 cm³/mol. The number of ether oxygens (including phenoxy) is 2. The number of hydrogen-bond donors (Lipinski definition) is 1. The first kappa shape index (κ1) is 13.5. The van der Waals surface area contributed by atoms with Crippen LogP contribution in [0.4, 0.5) is 0 Å². The van der Waals surface area contributed by atoms with Gasteiger partial charge in [-0.2, -0.15) is 0 Å².